The van der Waals surface area contributed by atoms with Crippen LogP contribution in [0.4, 0.5) is 0 Å². The Morgan fingerprint density at radius 2 is 1.73 bits per heavy atom. The zero-order valence-corrected chi connectivity index (χ0v) is 9.01. The molecule has 1 aliphatic heterocycles. The van der Waals surface area contributed by atoms with Gasteiger partial charge in [-0.25, -0.2) is 4.21 Å². The van der Waals surface area contributed by atoms with Crippen LogP contribution in [0.2, 0.25) is 0 Å². The predicted molar refractivity (Wildman–Crippen MR) is 52.9 cm³/mol. The molecule has 0 amide bonds. The van der Waals surface area contributed by atoms with Gasteiger partial charge in [0.05, 0.1) is 0 Å². The minimum Gasteiger partial charge on any atom is -0.456 e. The molecule has 78 valence electrons. The van der Waals surface area contributed by atoms with Gasteiger partial charge in [-0.15, -0.1) is 0 Å². The summed E-state index contributed by atoms with van der Waals surface area (Å²) in [5, 5.41) is 0. The fraction of sp³-hybridized carbons (Fsp3) is 0.200. The SMILES string of the molecule is Cc1cc2c(o1)-c1oc(C)cc1S(=O)O2. The van der Waals surface area contributed by atoms with Gasteiger partial charge in [-0.1, -0.05) is 0 Å². The normalized spacial score (nSPS) is 18.1. The van der Waals surface area contributed by atoms with Crippen molar-refractivity contribution in [1.82, 2.24) is 0 Å². The lowest BCUT2D eigenvalue weighted by Crippen LogP contribution is -2.05. The largest absolute Gasteiger partial charge is 0.456 e. The Morgan fingerprint density at radius 3 is 2.53 bits per heavy atom. The van der Waals surface area contributed by atoms with Gasteiger partial charge in [0.1, 0.15) is 16.4 Å². The van der Waals surface area contributed by atoms with E-state index in [-0.39, 0.29) is 0 Å². The molecule has 2 aromatic rings. The van der Waals surface area contributed by atoms with Crippen molar-refractivity contribution in [2.45, 2.75) is 18.7 Å². The average molecular weight is 224 g/mol. The summed E-state index contributed by atoms with van der Waals surface area (Å²) < 4.78 is 27.8. The van der Waals surface area contributed by atoms with Gasteiger partial charge >= 0.3 is 0 Å². The van der Waals surface area contributed by atoms with Crippen LogP contribution in [0.25, 0.3) is 11.5 Å². The van der Waals surface area contributed by atoms with E-state index in [1.807, 2.05) is 0 Å². The second-order valence-electron chi connectivity index (χ2n) is 3.42. The first-order chi connectivity index (χ1) is 7.15. The van der Waals surface area contributed by atoms with Crippen LogP contribution in [0.3, 0.4) is 0 Å². The van der Waals surface area contributed by atoms with Gasteiger partial charge in [-0.3, -0.25) is 0 Å². The predicted octanol–water partition coefficient (Wildman–Crippen LogP) is 2.57. The molecule has 4 nitrogen and oxygen atoms in total. The fourth-order valence-electron chi connectivity index (χ4n) is 1.61. The summed E-state index contributed by atoms with van der Waals surface area (Å²) in [5.41, 5.74) is 0. The molecular formula is C10H8O4S. The summed E-state index contributed by atoms with van der Waals surface area (Å²) in [5.74, 6) is 2.92. The number of furan rings is 2. The lowest BCUT2D eigenvalue weighted by Gasteiger charge is -2.08. The zero-order chi connectivity index (χ0) is 10.6. The van der Waals surface area contributed by atoms with Gasteiger partial charge < -0.3 is 13.0 Å². The van der Waals surface area contributed by atoms with Crippen molar-refractivity contribution in [3.05, 3.63) is 23.7 Å². The minimum absolute atomic E-state index is 0.479. The van der Waals surface area contributed by atoms with Gasteiger partial charge in [0.25, 0.3) is 0 Å². The van der Waals surface area contributed by atoms with Crippen LogP contribution >= 0.6 is 0 Å². The quantitative estimate of drug-likeness (QED) is 0.690. The molecule has 0 fully saturated rings. The molecule has 2 aromatic heterocycles. The van der Waals surface area contributed by atoms with Crippen LogP contribution < -0.4 is 4.18 Å². The molecule has 0 saturated carbocycles. The molecule has 5 heteroatoms. The average Bonchev–Trinajstić information content (AvgIpc) is 2.68. The van der Waals surface area contributed by atoms with Gasteiger partial charge in [0.15, 0.2) is 11.5 Å². The van der Waals surface area contributed by atoms with Gasteiger partial charge in [-0.05, 0) is 19.9 Å². The first-order valence-corrected chi connectivity index (χ1v) is 5.54. The van der Waals surface area contributed by atoms with Crippen LogP contribution in [-0.2, 0) is 11.1 Å². The van der Waals surface area contributed by atoms with Crippen molar-refractivity contribution in [3.63, 3.8) is 0 Å². The van der Waals surface area contributed by atoms with Crippen LogP contribution in [0.5, 0.6) is 5.75 Å². The first kappa shape index (κ1) is 8.79. The smallest absolute Gasteiger partial charge is 0.244 e. The van der Waals surface area contributed by atoms with Crippen molar-refractivity contribution in [2.75, 3.05) is 0 Å². The standard InChI is InChI=1S/C10H8O4S/c1-5-3-7-9(12-5)10-8(15(11)14-7)4-6(2)13-10/h3-4H,1-2H3. The second-order valence-corrected chi connectivity index (χ2v) is 4.49. The zero-order valence-electron chi connectivity index (χ0n) is 8.20. The third kappa shape index (κ3) is 1.16. The highest BCUT2D eigenvalue weighted by atomic mass is 32.2. The number of rotatable bonds is 0. The highest BCUT2D eigenvalue weighted by molar-refractivity contribution is 7.80. The van der Waals surface area contributed by atoms with E-state index in [1.54, 1.807) is 26.0 Å². The fourth-order valence-corrected chi connectivity index (χ4v) is 2.54. The van der Waals surface area contributed by atoms with Crippen molar-refractivity contribution < 1.29 is 17.2 Å². The van der Waals surface area contributed by atoms with E-state index in [1.165, 1.54) is 0 Å². The van der Waals surface area contributed by atoms with E-state index in [2.05, 4.69) is 0 Å². The van der Waals surface area contributed by atoms with Crippen molar-refractivity contribution >= 4 is 11.1 Å². The maximum atomic E-state index is 11.7. The topological polar surface area (TPSA) is 52.6 Å². The monoisotopic (exact) mass is 224 g/mol. The van der Waals surface area contributed by atoms with E-state index < -0.39 is 11.1 Å². The second kappa shape index (κ2) is 2.76. The van der Waals surface area contributed by atoms with Crippen LogP contribution in [0, 0.1) is 13.8 Å². The molecular weight excluding hydrogens is 216 g/mol. The molecule has 3 rings (SSSR count). The first-order valence-electron chi connectivity index (χ1n) is 4.46. The Labute approximate surface area is 88.5 Å². The van der Waals surface area contributed by atoms with Gasteiger partial charge in [0, 0.05) is 6.07 Å². The summed E-state index contributed by atoms with van der Waals surface area (Å²) >= 11 is -1.50. The molecule has 0 aliphatic carbocycles. The van der Waals surface area contributed by atoms with Crippen molar-refractivity contribution in [2.24, 2.45) is 0 Å². The third-order valence-electron chi connectivity index (χ3n) is 2.19. The van der Waals surface area contributed by atoms with Crippen molar-refractivity contribution in [3.8, 4) is 17.3 Å². The van der Waals surface area contributed by atoms with Gasteiger partial charge in [-0.2, -0.15) is 0 Å². The number of fused-ring (bicyclic) bond motifs is 3. The summed E-state index contributed by atoms with van der Waals surface area (Å²) in [7, 11) is 0. The van der Waals surface area contributed by atoms with E-state index in [0.717, 1.165) is 0 Å². The third-order valence-corrected chi connectivity index (χ3v) is 3.19. The molecule has 0 saturated heterocycles. The molecule has 0 N–H and O–H groups in total. The van der Waals surface area contributed by atoms with E-state index >= 15 is 0 Å². The number of hydrogen-bond donors (Lipinski definition) is 0. The molecule has 0 radical (unpaired) electrons. The summed E-state index contributed by atoms with van der Waals surface area (Å²) in [6.45, 7) is 3.60. The highest BCUT2D eigenvalue weighted by Crippen LogP contribution is 2.42. The summed E-state index contributed by atoms with van der Waals surface area (Å²) in [6, 6.07) is 3.40. The number of aryl methyl sites for hydroxylation is 2. The summed E-state index contributed by atoms with van der Waals surface area (Å²) in [4.78, 5) is 0.536. The lowest BCUT2D eigenvalue weighted by molar-refractivity contribution is 0.470. The Kier molecular flexibility index (Phi) is 1.62. The maximum absolute atomic E-state index is 11.7. The lowest BCUT2D eigenvalue weighted by atomic mass is 10.3. The molecule has 0 bridgehead atoms. The van der Waals surface area contributed by atoms with E-state index in [4.69, 9.17) is 13.0 Å². The molecule has 0 aromatic carbocycles. The molecule has 1 atom stereocenters. The van der Waals surface area contributed by atoms with Crippen molar-refractivity contribution in [1.29, 1.82) is 0 Å². The Balaban J connectivity index is 2.33. The van der Waals surface area contributed by atoms with Crippen LogP contribution in [-0.4, -0.2) is 4.21 Å². The Bertz CT molecular complexity index is 564. The Morgan fingerprint density at radius 1 is 1.07 bits per heavy atom. The molecule has 1 aliphatic rings. The van der Waals surface area contributed by atoms with Crippen LogP contribution in [0.1, 0.15) is 11.5 Å². The van der Waals surface area contributed by atoms with E-state index in [9.17, 15) is 4.21 Å². The molecule has 3 heterocycles. The van der Waals surface area contributed by atoms with E-state index in [0.29, 0.717) is 33.7 Å². The summed E-state index contributed by atoms with van der Waals surface area (Å²) in [6.07, 6.45) is 0. The minimum atomic E-state index is -1.50. The molecule has 0 spiro atoms. The highest BCUT2D eigenvalue weighted by Gasteiger charge is 2.31. The van der Waals surface area contributed by atoms with Gasteiger partial charge in [0.2, 0.25) is 16.8 Å². The number of hydrogen-bond acceptors (Lipinski definition) is 4. The maximum Gasteiger partial charge on any atom is 0.244 e. The molecule has 1 unspecified atom stereocenters. The van der Waals surface area contributed by atoms with Crippen LogP contribution in [0.15, 0.2) is 25.9 Å². The Hall–Kier alpha value is -1.49. The molecule has 15 heavy (non-hydrogen) atoms.